The van der Waals surface area contributed by atoms with Crippen molar-refractivity contribution in [3.8, 4) is 5.69 Å². The third kappa shape index (κ3) is 3.86. The first kappa shape index (κ1) is 14.1. The number of nitrogens with one attached hydrogen (secondary N) is 2. The number of hydrogen-bond acceptors (Lipinski definition) is 5. The largest absolute Gasteiger partial charge is 0.326 e. The van der Waals surface area contributed by atoms with Crippen molar-refractivity contribution in [2.45, 2.75) is 26.3 Å². The summed E-state index contributed by atoms with van der Waals surface area (Å²) >= 11 is 0. The third-order valence-corrected chi connectivity index (χ3v) is 2.81. The summed E-state index contributed by atoms with van der Waals surface area (Å²) in [6.07, 6.45) is 1.97. The summed E-state index contributed by atoms with van der Waals surface area (Å²) in [7, 11) is 0. The molecule has 7 nitrogen and oxygen atoms in total. The fraction of sp³-hybridized carbons (Fsp3) is 0.385. The Hall–Kier alpha value is -2.28. The smallest absolute Gasteiger partial charge is 0.225 e. The van der Waals surface area contributed by atoms with Gasteiger partial charge >= 0.3 is 0 Å². The van der Waals surface area contributed by atoms with Crippen molar-refractivity contribution >= 4 is 11.6 Å². The van der Waals surface area contributed by atoms with Crippen LogP contribution in [0.2, 0.25) is 0 Å². The Kier molecular flexibility index (Phi) is 4.78. The zero-order valence-corrected chi connectivity index (χ0v) is 11.6. The van der Waals surface area contributed by atoms with E-state index >= 15 is 0 Å². The normalized spacial score (nSPS) is 12.1. The molecule has 1 atom stereocenters. The van der Waals surface area contributed by atoms with Crippen LogP contribution in [0.25, 0.3) is 5.69 Å². The summed E-state index contributed by atoms with van der Waals surface area (Å²) in [4.78, 5) is 11.8. The number of aromatic nitrogens is 4. The summed E-state index contributed by atoms with van der Waals surface area (Å²) in [5, 5.41) is 17.0. The quantitative estimate of drug-likeness (QED) is 0.820. The third-order valence-electron chi connectivity index (χ3n) is 2.81. The zero-order chi connectivity index (χ0) is 14.4. The lowest BCUT2D eigenvalue weighted by Crippen LogP contribution is -2.30. The van der Waals surface area contributed by atoms with E-state index in [4.69, 9.17) is 0 Å². The molecule has 7 heteroatoms. The minimum Gasteiger partial charge on any atom is -0.326 e. The van der Waals surface area contributed by atoms with Crippen LogP contribution >= 0.6 is 0 Å². The molecule has 20 heavy (non-hydrogen) atoms. The van der Waals surface area contributed by atoms with Crippen molar-refractivity contribution < 1.29 is 4.79 Å². The second kappa shape index (κ2) is 6.76. The molecule has 0 aliphatic heterocycles. The molecule has 0 saturated heterocycles. The van der Waals surface area contributed by atoms with E-state index in [-0.39, 0.29) is 11.9 Å². The first-order chi connectivity index (χ1) is 9.69. The molecule has 1 aromatic heterocycles. The predicted octanol–water partition coefficient (Wildman–Crippen LogP) is 0.989. The number of carbonyl (C=O) groups excluding carboxylic acids is 1. The van der Waals surface area contributed by atoms with Crippen LogP contribution in [-0.2, 0) is 4.79 Å². The molecule has 0 radical (unpaired) electrons. The van der Waals surface area contributed by atoms with Crippen LogP contribution in [0.4, 0.5) is 5.69 Å². The molecular weight excluding hydrogens is 256 g/mol. The standard InChI is InChI=1S/C13H18N6O/c1-3-14-10(2)8-13(20)16-11-4-6-12(7-5-11)19-9-15-17-18-19/h4-7,9-10,14H,3,8H2,1-2H3,(H,16,20). The molecule has 1 heterocycles. The number of rotatable bonds is 6. The van der Waals surface area contributed by atoms with Gasteiger partial charge < -0.3 is 10.6 Å². The highest BCUT2D eigenvalue weighted by molar-refractivity contribution is 5.91. The lowest BCUT2D eigenvalue weighted by molar-refractivity contribution is -0.116. The van der Waals surface area contributed by atoms with Crippen molar-refractivity contribution in [2.75, 3.05) is 11.9 Å². The zero-order valence-electron chi connectivity index (χ0n) is 11.6. The van der Waals surface area contributed by atoms with Crippen LogP contribution < -0.4 is 10.6 Å². The van der Waals surface area contributed by atoms with Gasteiger partial charge in [0.05, 0.1) is 5.69 Å². The summed E-state index contributed by atoms with van der Waals surface area (Å²) in [5.74, 6) is -0.00591. The van der Waals surface area contributed by atoms with Crippen molar-refractivity contribution in [1.82, 2.24) is 25.5 Å². The highest BCUT2D eigenvalue weighted by atomic mass is 16.1. The first-order valence-corrected chi connectivity index (χ1v) is 6.55. The van der Waals surface area contributed by atoms with Gasteiger partial charge in [-0.05, 0) is 48.2 Å². The van der Waals surface area contributed by atoms with Crippen molar-refractivity contribution in [1.29, 1.82) is 0 Å². The Labute approximate surface area is 117 Å². The number of nitrogens with zero attached hydrogens (tertiary/aromatic N) is 4. The highest BCUT2D eigenvalue weighted by Gasteiger charge is 2.08. The maximum absolute atomic E-state index is 11.8. The minimum absolute atomic E-state index is 0.00591. The molecule has 0 aliphatic rings. The number of tetrazole rings is 1. The number of benzene rings is 1. The number of amides is 1. The molecule has 0 fully saturated rings. The van der Waals surface area contributed by atoms with Gasteiger partial charge in [0.15, 0.2) is 0 Å². The molecular formula is C13H18N6O. The van der Waals surface area contributed by atoms with Gasteiger partial charge in [-0.2, -0.15) is 0 Å². The van der Waals surface area contributed by atoms with Gasteiger partial charge in [0.25, 0.3) is 0 Å². The van der Waals surface area contributed by atoms with Crippen molar-refractivity contribution in [3.05, 3.63) is 30.6 Å². The molecule has 1 unspecified atom stereocenters. The topological polar surface area (TPSA) is 84.7 Å². The summed E-state index contributed by atoms with van der Waals surface area (Å²) in [5.41, 5.74) is 1.60. The van der Waals surface area contributed by atoms with E-state index in [1.165, 1.54) is 6.33 Å². The van der Waals surface area contributed by atoms with Gasteiger partial charge in [0.1, 0.15) is 6.33 Å². The number of anilines is 1. The van der Waals surface area contributed by atoms with Gasteiger partial charge in [-0.3, -0.25) is 4.79 Å². The van der Waals surface area contributed by atoms with E-state index in [9.17, 15) is 4.79 Å². The Balaban J connectivity index is 1.92. The maximum Gasteiger partial charge on any atom is 0.225 e. The molecule has 106 valence electrons. The van der Waals surface area contributed by atoms with E-state index in [1.807, 2.05) is 38.1 Å². The molecule has 1 amide bonds. The first-order valence-electron chi connectivity index (χ1n) is 6.55. The lowest BCUT2D eigenvalue weighted by Gasteiger charge is -2.12. The highest BCUT2D eigenvalue weighted by Crippen LogP contribution is 2.12. The Morgan fingerprint density at radius 3 is 2.70 bits per heavy atom. The molecule has 2 aromatic rings. The maximum atomic E-state index is 11.8. The van der Waals surface area contributed by atoms with Gasteiger partial charge in [-0.15, -0.1) is 5.10 Å². The average molecular weight is 274 g/mol. The predicted molar refractivity (Wildman–Crippen MR) is 75.5 cm³/mol. The SMILES string of the molecule is CCNC(C)CC(=O)Nc1ccc(-n2cnnn2)cc1. The molecule has 0 aliphatic carbocycles. The summed E-state index contributed by atoms with van der Waals surface area (Å²) < 4.78 is 1.55. The minimum atomic E-state index is -0.00591. The van der Waals surface area contributed by atoms with Gasteiger partial charge in [0, 0.05) is 18.2 Å². The number of carbonyl (C=O) groups is 1. The molecule has 2 rings (SSSR count). The molecule has 2 N–H and O–H groups in total. The second-order valence-corrected chi connectivity index (χ2v) is 4.51. The van der Waals surface area contributed by atoms with Crippen LogP contribution in [0.5, 0.6) is 0 Å². The fourth-order valence-electron chi connectivity index (χ4n) is 1.89. The molecule has 0 spiro atoms. The monoisotopic (exact) mass is 274 g/mol. The lowest BCUT2D eigenvalue weighted by atomic mass is 10.2. The Morgan fingerprint density at radius 2 is 2.10 bits per heavy atom. The van der Waals surface area contributed by atoms with Gasteiger partial charge in [-0.25, -0.2) is 4.68 Å². The van der Waals surface area contributed by atoms with E-state index in [1.54, 1.807) is 4.68 Å². The average Bonchev–Trinajstić information content (AvgIpc) is 2.93. The summed E-state index contributed by atoms with van der Waals surface area (Å²) in [6, 6.07) is 7.51. The van der Waals surface area contributed by atoms with E-state index in [0.29, 0.717) is 6.42 Å². The van der Waals surface area contributed by atoms with E-state index in [0.717, 1.165) is 17.9 Å². The fourth-order valence-corrected chi connectivity index (χ4v) is 1.89. The van der Waals surface area contributed by atoms with Crippen LogP contribution in [-0.4, -0.2) is 38.7 Å². The van der Waals surface area contributed by atoms with Crippen molar-refractivity contribution in [3.63, 3.8) is 0 Å². The Bertz CT molecular complexity index is 536. The summed E-state index contributed by atoms with van der Waals surface area (Å²) in [6.45, 7) is 4.87. The second-order valence-electron chi connectivity index (χ2n) is 4.51. The molecule has 0 bridgehead atoms. The van der Waals surface area contributed by atoms with Gasteiger partial charge in [-0.1, -0.05) is 6.92 Å². The van der Waals surface area contributed by atoms with E-state index in [2.05, 4.69) is 26.2 Å². The van der Waals surface area contributed by atoms with Crippen LogP contribution in [0.3, 0.4) is 0 Å². The van der Waals surface area contributed by atoms with Gasteiger partial charge in [0.2, 0.25) is 5.91 Å². The van der Waals surface area contributed by atoms with Crippen LogP contribution in [0, 0.1) is 0 Å². The van der Waals surface area contributed by atoms with Crippen molar-refractivity contribution in [2.24, 2.45) is 0 Å². The van der Waals surface area contributed by atoms with E-state index < -0.39 is 0 Å². The van der Waals surface area contributed by atoms with Crippen LogP contribution in [0.1, 0.15) is 20.3 Å². The Morgan fingerprint density at radius 1 is 1.35 bits per heavy atom. The van der Waals surface area contributed by atoms with Crippen LogP contribution in [0.15, 0.2) is 30.6 Å². The molecule has 0 saturated carbocycles. The number of hydrogen-bond donors (Lipinski definition) is 2. The molecule has 1 aromatic carbocycles.